The Morgan fingerprint density at radius 2 is 2.29 bits per heavy atom. The summed E-state index contributed by atoms with van der Waals surface area (Å²) in [5, 5.41) is 10.0. The second-order valence-electron chi connectivity index (χ2n) is 1.80. The number of thiocyanates is 1. The lowest BCUT2D eigenvalue weighted by atomic mass is 9.57. The third kappa shape index (κ3) is 5.90. The fourth-order valence-corrected chi connectivity index (χ4v) is 0.612. The molecule has 1 nitrogen and oxygen atoms in total. The quantitative estimate of drug-likeness (QED) is 0.400. The van der Waals surface area contributed by atoms with E-state index < -0.39 is 0 Å². The highest BCUT2D eigenvalue weighted by atomic mass is 32.2. The van der Waals surface area contributed by atoms with Crippen LogP contribution in [0.5, 0.6) is 0 Å². The van der Waals surface area contributed by atoms with Gasteiger partial charge in [-0.05, 0) is 5.65 Å². The summed E-state index contributed by atoms with van der Waals surface area (Å²) in [6.45, 7) is 4.85. The molecule has 38 valence electrons. The first-order chi connectivity index (χ1) is 3.27. The molecule has 0 atom stereocenters. The zero-order chi connectivity index (χ0) is 5.70. The maximum Gasteiger partial charge on any atom is 0.146 e. The Bertz CT molecular complexity index is 76.2. The van der Waals surface area contributed by atoms with Crippen molar-refractivity contribution in [3.8, 4) is 5.40 Å². The van der Waals surface area contributed by atoms with Crippen molar-refractivity contribution in [3.05, 3.63) is 0 Å². The molecule has 0 aliphatic heterocycles. The molecule has 0 saturated heterocycles. The number of nitriles is 1. The second-order valence-corrected chi connectivity index (χ2v) is 2.60. The molecule has 0 amide bonds. The monoisotopic (exact) mass is 113 g/mol. The zero-order valence-corrected chi connectivity index (χ0v) is 5.46. The number of nitrogens with zero attached hydrogens (tertiary/aromatic N) is 1. The summed E-state index contributed by atoms with van der Waals surface area (Å²) in [4.78, 5) is 0. The summed E-state index contributed by atoms with van der Waals surface area (Å²) in [5.41, 5.74) is 0.955. The molecule has 0 aromatic carbocycles. The van der Waals surface area contributed by atoms with Gasteiger partial charge in [0, 0.05) is 0 Å². The molecular formula is C4H8BNS. The lowest BCUT2D eigenvalue weighted by Crippen LogP contribution is -2.02. The van der Waals surface area contributed by atoms with Crippen LogP contribution < -0.4 is 0 Å². The van der Waals surface area contributed by atoms with Gasteiger partial charge in [0.2, 0.25) is 0 Å². The third-order valence-corrected chi connectivity index (χ3v) is 1.44. The van der Waals surface area contributed by atoms with Crippen molar-refractivity contribution in [1.29, 1.82) is 5.26 Å². The lowest BCUT2D eigenvalue weighted by molar-refractivity contribution is 1.57. The maximum absolute atomic E-state index is 8.03. The fraction of sp³-hybridized carbons (Fsp3) is 0.750. The van der Waals surface area contributed by atoms with Crippen LogP contribution in [0.15, 0.2) is 0 Å². The average Bonchev–Trinajstić information content (AvgIpc) is 1.61. The molecule has 0 radical (unpaired) electrons. The predicted molar refractivity (Wildman–Crippen MR) is 35.6 cm³/mol. The number of hydrogen-bond acceptors (Lipinski definition) is 2. The van der Waals surface area contributed by atoms with E-state index >= 15 is 0 Å². The van der Waals surface area contributed by atoms with Gasteiger partial charge in [0.05, 0.1) is 0 Å². The summed E-state index contributed by atoms with van der Waals surface area (Å²) < 4.78 is 0. The summed E-state index contributed by atoms with van der Waals surface area (Å²) >= 11 is 1.32. The Kier molecular flexibility index (Phi) is 4.02. The molecule has 0 N–H and O–H groups in total. The average molecular weight is 113 g/mol. The topological polar surface area (TPSA) is 23.8 Å². The summed E-state index contributed by atoms with van der Waals surface area (Å²) in [7, 11) is 0. The highest BCUT2D eigenvalue weighted by molar-refractivity contribution is 8.04. The van der Waals surface area contributed by atoms with Crippen LogP contribution in [0.3, 0.4) is 0 Å². The molecule has 0 aliphatic rings. The van der Waals surface area contributed by atoms with E-state index in [1.807, 2.05) is 5.40 Å². The summed E-state index contributed by atoms with van der Waals surface area (Å²) in [5.74, 6) is 0. The highest BCUT2D eigenvalue weighted by Gasteiger charge is 1.94. The van der Waals surface area contributed by atoms with Gasteiger partial charge in [0.15, 0.2) is 0 Å². The van der Waals surface area contributed by atoms with E-state index in [1.165, 1.54) is 11.8 Å². The molecule has 0 aromatic heterocycles. The molecule has 0 aliphatic carbocycles. The Labute approximate surface area is 49.2 Å². The first kappa shape index (κ1) is 6.90. The van der Waals surface area contributed by atoms with Crippen molar-refractivity contribution in [1.82, 2.24) is 0 Å². The molecule has 0 aromatic rings. The van der Waals surface area contributed by atoms with Crippen LogP contribution in [0, 0.1) is 10.7 Å². The molecule has 0 rings (SSSR count). The van der Waals surface area contributed by atoms with Crippen LogP contribution in [-0.4, -0.2) is 12.4 Å². The maximum atomic E-state index is 8.03. The second kappa shape index (κ2) is 4.07. The Balaban J connectivity index is 2.86. The molecule has 0 saturated carbocycles. The number of thioether (sulfide) groups is 1. The van der Waals surface area contributed by atoms with Crippen molar-refractivity contribution >= 4 is 18.5 Å². The molecular weight excluding hydrogens is 105 g/mol. The van der Waals surface area contributed by atoms with Gasteiger partial charge in [-0.1, -0.05) is 25.4 Å². The molecule has 0 heterocycles. The highest BCUT2D eigenvalue weighted by Crippen LogP contribution is 1.96. The SMILES string of the molecule is CB(C)CSC#N. The molecule has 0 bridgehead atoms. The lowest BCUT2D eigenvalue weighted by Gasteiger charge is -1.88. The van der Waals surface area contributed by atoms with E-state index in [0.717, 1.165) is 5.65 Å². The van der Waals surface area contributed by atoms with E-state index in [0.29, 0.717) is 6.71 Å². The first-order valence-corrected chi connectivity index (χ1v) is 3.26. The summed E-state index contributed by atoms with van der Waals surface area (Å²) in [6.07, 6.45) is 0. The van der Waals surface area contributed by atoms with Crippen LogP contribution in [0.2, 0.25) is 13.6 Å². The number of hydrogen-bond donors (Lipinski definition) is 0. The minimum absolute atomic E-state index is 0.643. The fourth-order valence-electron chi connectivity index (χ4n) is 0.204. The smallest absolute Gasteiger partial charge is 0.146 e. The van der Waals surface area contributed by atoms with Crippen LogP contribution >= 0.6 is 11.8 Å². The molecule has 7 heavy (non-hydrogen) atoms. The Morgan fingerprint density at radius 3 is 2.43 bits per heavy atom. The van der Waals surface area contributed by atoms with E-state index in [9.17, 15) is 0 Å². The van der Waals surface area contributed by atoms with Gasteiger partial charge in [-0.3, -0.25) is 0 Å². The normalized spacial score (nSPS) is 7.57. The van der Waals surface area contributed by atoms with Crippen molar-refractivity contribution < 1.29 is 0 Å². The molecule has 0 spiro atoms. The zero-order valence-electron chi connectivity index (χ0n) is 4.64. The van der Waals surface area contributed by atoms with Gasteiger partial charge in [0.25, 0.3) is 0 Å². The predicted octanol–water partition coefficient (Wildman–Crippen LogP) is 1.49. The van der Waals surface area contributed by atoms with Crippen molar-refractivity contribution in [3.63, 3.8) is 0 Å². The van der Waals surface area contributed by atoms with Crippen molar-refractivity contribution in [2.45, 2.75) is 13.6 Å². The third-order valence-electron chi connectivity index (χ3n) is 0.481. The Hall–Kier alpha value is -0.0951. The Morgan fingerprint density at radius 1 is 1.71 bits per heavy atom. The van der Waals surface area contributed by atoms with Crippen molar-refractivity contribution in [2.24, 2.45) is 0 Å². The van der Waals surface area contributed by atoms with Gasteiger partial charge in [-0.15, -0.1) is 0 Å². The minimum atomic E-state index is 0.643. The van der Waals surface area contributed by atoms with Gasteiger partial charge in [0.1, 0.15) is 12.1 Å². The van der Waals surface area contributed by atoms with Crippen molar-refractivity contribution in [2.75, 3.05) is 5.65 Å². The van der Waals surface area contributed by atoms with Gasteiger partial charge in [-0.25, -0.2) is 0 Å². The molecule has 3 heteroatoms. The van der Waals surface area contributed by atoms with Gasteiger partial charge < -0.3 is 0 Å². The van der Waals surface area contributed by atoms with E-state index in [-0.39, 0.29) is 0 Å². The van der Waals surface area contributed by atoms with Gasteiger partial charge in [-0.2, -0.15) is 5.26 Å². The molecule has 0 unspecified atom stereocenters. The summed E-state index contributed by atoms with van der Waals surface area (Å²) in [6, 6.07) is 0. The van der Waals surface area contributed by atoms with Crippen LogP contribution in [-0.2, 0) is 0 Å². The van der Waals surface area contributed by atoms with Crippen LogP contribution in [0.4, 0.5) is 0 Å². The first-order valence-electron chi connectivity index (χ1n) is 2.28. The molecule has 0 fully saturated rings. The largest absolute Gasteiger partial charge is 0.185 e. The van der Waals surface area contributed by atoms with Gasteiger partial charge >= 0.3 is 0 Å². The van der Waals surface area contributed by atoms with Crippen LogP contribution in [0.25, 0.3) is 0 Å². The minimum Gasteiger partial charge on any atom is -0.185 e. The number of rotatable bonds is 2. The van der Waals surface area contributed by atoms with E-state index in [2.05, 4.69) is 13.6 Å². The van der Waals surface area contributed by atoms with E-state index in [1.54, 1.807) is 0 Å². The standard InChI is InChI=1S/C4H8BNS/c1-5(2)3-7-4-6/h3H2,1-2H3. The van der Waals surface area contributed by atoms with Crippen LogP contribution in [0.1, 0.15) is 0 Å². The van der Waals surface area contributed by atoms with E-state index in [4.69, 9.17) is 5.26 Å².